The second-order valence-electron chi connectivity index (χ2n) is 7.14. The topological polar surface area (TPSA) is 50.3 Å². The van der Waals surface area contributed by atoms with Crippen molar-refractivity contribution in [2.24, 2.45) is 5.92 Å². The molecule has 1 aliphatic rings. The summed E-state index contributed by atoms with van der Waals surface area (Å²) in [4.78, 5) is 31.8. The molecular weight excluding hydrogens is 336 g/mol. The summed E-state index contributed by atoms with van der Waals surface area (Å²) < 4.78 is 0. The fourth-order valence-corrected chi connectivity index (χ4v) is 3.74. The molecule has 1 amide bonds. The van der Waals surface area contributed by atoms with Gasteiger partial charge in [-0.2, -0.15) is 0 Å². The van der Waals surface area contributed by atoms with Crippen LogP contribution in [0, 0.1) is 5.92 Å². The van der Waals surface area contributed by atoms with Gasteiger partial charge in [0.1, 0.15) is 5.78 Å². The Balaban J connectivity index is 1.46. The van der Waals surface area contributed by atoms with Gasteiger partial charge in [0.15, 0.2) is 0 Å². The van der Waals surface area contributed by atoms with Gasteiger partial charge >= 0.3 is 0 Å². The SMILES string of the molecule is O=C(Cc1ccccc1)[C@H]1CCCN(C(=O)c2cnc3ccccc3c2)C1. The lowest BCUT2D eigenvalue weighted by molar-refractivity contribution is -0.123. The molecule has 1 atom stereocenters. The van der Waals surface area contributed by atoms with Crippen molar-refractivity contribution in [1.29, 1.82) is 0 Å². The summed E-state index contributed by atoms with van der Waals surface area (Å²) in [6, 6.07) is 19.5. The molecule has 0 radical (unpaired) electrons. The van der Waals surface area contributed by atoms with E-state index < -0.39 is 0 Å². The van der Waals surface area contributed by atoms with Gasteiger partial charge in [0.2, 0.25) is 0 Å². The van der Waals surface area contributed by atoms with Gasteiger partial charge in [-0.25, -0.2) is 0 Å². The Bertz CT molecular complexity index is 968. The molecule has 0 unspecified atom stereocenters. The number of aromatic nitrogens is 1. The van der Waals surface area contributed by atoms with Gasteiger partial charge in [-0.1, -0.05) is 48.5 Å². The van der Waals surface area contributed by atoms with Crippen LogP contribution in [0.3, 0.4) is 0 Å². The first kappa shape index (κ1) is 17.4. The number of hydrogen-bond acceptors (Lipinski definition) is 3. The number of carbonyl (C=O) groups excluding carboxylic acids is 2. The highest BCUT2D eigenvalue weighted by Gasteiger charge is 2.29. The number of Topliss-reactive ketones (excluding diaryl/α,β-unsaturated/α-hetero) is 1. The molecule has 1 aliphatic heterocycles. The summed E-state index contributed by atoms with van der Waals surface area (Å²) in [5.74, 6) is 0.0946. The monoisotopic (exact) mass is 358 g/mol. The predicted octanol–water partition coefficient (Wildman–Crippen LogP) is 3.90. The van der Waals surface area contributed by atoms with Crippen LogP contribution in [0.1, 0.15) is 28.8 Å². The maximum atomic E-state index is 12.9. The minimum absolute atomic E-state index is 0.0366. The van der Waals surface area contributed by atoms with Gasteiger partial charge in [-0.15, -0.1) is 0 Å². The molecule has 3 aromatic rings. The number of benzene rings is 2. The number of ketones is 1. The number of amides is 1. The molecule has 2 heterocycles. The highest BCUT2D eigenvalue weighted by atomic mass is 16.2. The normalized spacial score (nSPS) is 17.0. The van der Waals surface area contributed by atoms with Crippen LogP contribution in [0.25, 0.3) is 10.9 Å². The standard InChI is InChI=1S/C23H22N2O2/c26-22(13-17-7-2-1-3-8-17)19-10-6-12-25(16-19)23(27)20-14-18-9-4-5-11-21(18)24-15-20/h1-5,7-9,11,14-15,19H,6,10,12-13,16H2/t19-/m0/s1. The van der Waals surface area contributed by atoms with Crippen LogP contribution in [-0.4, -0.2) is 34.7 Å². The number of hydrogen-bond donors (Lipinski definition) is 0. The molecule has 4 heteroatoms. The van der Waals surface area contributed by atoms with Crippen LogP contribution in [0.15, 0.2) is 66.9 Å². The smallest absolute Gasteiger partial charge is 0.255 e. The molecule has 0 N–H and O–H groups in total. The van der Waals surface area contributed by atoms with E-state index in [0.29, 0.717) is 25.1 Å². The van der Waals surface area contributed by atoms with Gasteiger partial charge in [-0.3, -0.25) is 14.6 Å². The number of carbonyl (C=O) groups is 2. The Labute approximate surface area is 158 Å². The molecule has 27 heavy (non-hydrogen) atoms. The van der Waals surface area contributed by atoms with Gasteiger partial charge in [0.25, 0.3) is 5.91 Å². The average Bonchev–Trinajstić information content (AvgIpc) is 2.73. The summed E-state index contributed by atoms with van der Waals surface area (Å²) in [6.07, 6.45) is 3.79. The first-order valence-electron chi connectivity index (χ1n) is 9.41. The highest BCUT2D eigenvalue weighted by Crippen LogP contribution is 2.22. The quantitative estimate of drug-likeness (QED) is 0.711. The van der Waals surface area contributed by atoms with Gasteiger partial charge in [-0.05, 0) is 30.5 Å². The molecule has 1 saturated heterocycles. The largest absolute Gasteiger partial charge is 0.338 e. The Hall–Kier alpha value is -3.01. The van der Waals surface area contributed by atoms with Gasteiger partial charge in [0, 0.05) is 37.0 Å². The van der Waals surface area contributed by atoms with Crippen molar-refractivity contribution in [3.63, 3.8) is 0 Å². The van der Waals surface area contributed by atoms with E-state index in [-0.39, 0.29) is 17.6 Å². The Morgan fingerprint density at radius 2 is 1.81 bits per heavy atom. The molecule has 0 bridgehead atoms. The molecule has 136 valence electrons. The van der Waals surface area contributed by atoms with Crippen molar-refractivity contribution in [3.8, 4) is 0 Å². The predicted molar refractivity (Wildman–Crippen MR) is 106 cm³/mol. The average molecular weight is 358 g/mol. The molecule has 1 fully saturated rings. The lowest BCUT2D eigenvalue weighted by Gasteiger charge is -2.32. The van der Waals surface area contributed by atoms with E-state index in [1.54, 1.807) is 6.20 Å². The first-order chi connectivity index (χ1) is 13.2. The van der Waals surface area contributed by atoms with Crippen LogP contribution in [0.2, 0.25) is 0 Å². The number of piperidine rings is 1. The minimum atomic E-state index is -0.0867. The van der Waals surface area contributed by atoms with Crippen molar-refractivity contribution in [1.82, 2.24) is 9.88 Å². The lowest BCUT2D eigenvalue weighted by Crippen LogP contribution is -2.42. The van der Waals surface area contributed by atoms with E-state index in [2.05, 4.69) is 4.98 Å². The summed E-state index contributed by atoms with van der Waals surface area (Å²) in [6.45, 7) is 1.19. The first-order valence-corrected chi connectivity index (χ1v) is 9.41. The molecular formula is C23H22N2O2. The maximum absolute atomic E-state index is 12.9. The number of pyridine rings is 1. The van der Waals surface area contributed by atoms with Crippen molar-refractivity contribution < 1.29 is 9.59 Å². The van der Waals surface area contributed by atoms with Crippen LogP contribution >= 0.6 is 0 Å². The fourth-order valence-electron chi connectivity index (χ4n) is 3.74. The molecule has 1 aromatic heterocycles. The number of para-hydroxylation sites is 1. The number of likely N-dealkylation sites (tertiary alicyclic amines) is 1. The van der Waals surface area contributed by atoms with Gasteiger partial charge in [0.05, 0.1) is 11.1 Å². The van der Waals surface area contributed by atoms with E-state index in [0.717, 1.165) is 29.3 Å². The third-order valence-electron chi connectivity index (χ3n) is 5.22. The van der Waals surface area contributed by atoms with Crippen molar-refractivity contribution in [3.05, 3.63) is 78.0 Å². The summed E-state index contributed by atoms with van der Waals surface area (Å²) in [5.41, 5.74) is 2.50. The Morgan fingerprint density at radius 3 is 2.67 bits per heavy atom. The second kappa shape index (κ2) is 7.70. The van der Waals surface area contributed by atoms with Crippen molar-refractivity contribution >= 4 is 22.6 Å². The molecule has 0 aliphatic carbocycles. The van der Waals surface area contributed by atoms with E-state index in [1.807, 2.05) is 65.6 Å². The number of fused-ring (bicyclic) bond motifs is 1. The Morgan fingerprint density at radius 1 is 1.04 bits per heavy atom. The third kappa shape index (κ3) is 3.90. The number of rotatable bonds is 4. The van der Waals surface area contributed by atoms with Crippen LogP contribution < -0.4 is 0 Å². The minimum Gasteiger partial charge on any atom is -0.338 e. The van der Waals surface area contributed by atoms with E-state index in [1.165, 1.54) is 0 Å². The van der Waals surface area contributed by atoms with Crippen molar-refractivity contribution in [2.45, 2.75) is 19.3 Å². The Kier molecular flexibility index (Phi) is 4.97. The maximum Gasteiger partial charge on any atom is 0.255 e. The van der Waals surface area contributed by atoms with Gasteiger partial charge < -0.3 is 4.90 Å². The van der Waals surface area contributed by atoms with Crippen molar-refractivity contribution in [2.75, 3.05) is 13.1 Å². The summed E-state index contributed by atoms with van der Waals surface area (Å²) in [5, 5.41) is 0.956. The molecule has 4 nitrogen and oxygen atoms in total. The lowest BCUT2D eigenvalue weighted by atomic mass is 9.90. The summed E-state index contributed by atoms with van der Waals surface area (Å²) >= 11 is 0. The van der Waals surface area contributed by atoms with Crippen LogP contribution in [0.4, 0.5) is 0 Å². The van der Waals surface area contributed by atoms with E-state index in [4.69, 9.17) is 0 Å². The zero-order chi connectivity index (χ0) is 18.6. The van der Waals surface area contributed by atoms with Crippen LogP contribution in [0.5, 0.6) is 0 Å². The van der Waals surface area contributed by atoms with E-state index in [9.17, 15) is 9.59 Å². The molecule has 0 spiro atoms. The second-order valence-corrected chi connectivity index (χ2v) is 7.14. The number of nitrogens with zero attached hydrogens (tertiary/aromatic N) is 2. The molecule has 4 rings (SSSR count). The zero-order valence-corrected chi connectivity index (χ0v) is 15.2. The fraction of sp³-hybridized carbons (Fsp3) is 0.261. The summed E-state index contributed by atoms with van der Waals surface area (Å²) in [7, 11) is 0. The molecule has 2 aromatic carbocycles. The molecule has 0 saturated carbocycles. The zero-order valence-electron chi connectivity index (χ0n) is 15.2. The third-order valence-corrected chi connectivity index (χ3v) is 5.22. The van der Waals surface area contributed by atoms with E-state index >= 15 is 0 Å². The van der Waals surface area contributed by atoms with Crippen LogP contribution in [-0.2, 0) is 11.2 Å². The highest BCUT2D eigenvalue weighted by molar-refractivity contribution is 5.97.